The summed E-state index contributed by atoms with van der Waals surface area (Å²) in [5.74, 6) is -0.307. The Balaban J connectivity index is 3.34. The van der Waals surface area contributed by atoms with E-state index in [1.807, 2.05) is 26.0 Å². The van der Waals surface area contributed by atoms with Crippen molar-refractivity contribution in [2.24, 2.45) is 0 Å². The molecule has 0 radical (unpaired) electrons. The number of amides is 1. The highest BCUT2D eigenvalue weighted by Crippen LogP contribution is 2.26. The molecule has 6 heteroatoms. The fourth-order valence-electron chi connectivity index (χ4n) is 2.06. The van der Waals surface area contributed by atoms with Gasteiger partial charge in [0.05, 0.1) is 11.9 Å². The van der Waals surface area contributed by atoms with Crippen LogP contribution in [-0.2, 0) is 14.8 Å². The first kappa shape index (κ1) is 16.5. The summed E-state index contributed by atoms with van der Waals surface area (Å²) in [5.41, 5.74) is 2.31. The summed E-state index contributed by atoms with van der Waals surface area (Å²) in [6, 6.07) is 4.76. The van der Waals surface area contributed by atoms with Crippen LogP contribution in [0.1, 0.15) is 25.0 Å². The van der Waals surface area contributed by atoms with Gasteiger partial charge in [0.1, 0.15) is 6.04 Å². The Bertz CT molecular complexity index is 596. The van der Waals surface area contributed by atoms with Gasteiger partial charge >= 0.3 is 0 Å². The number of hydrogen-bond acceptors (Lipinski definition) is 3. The molecule has 5 nitrogen and oxygen atoms in total. The third-order valence-electron chi connectivity index (χ3n) is 3.04. The Hall–Kier alpha value is -1.56. The average Bonchev–Trinajstić information content (AvgIpc) is 2.32. The summed E-state index contributed by atoms with van der Waals surface area (Å²) in [7, 11) is -3.55. The van der Waals surface area contributed by atoms with E-state index in [0.717, 1.165) is 17.4 Å². The molecule has 1 atom stereocenters. The maximum absolute atomic E-state index is 12.1. The van der Waals surface area contributed by atoms with Crippen molar-refractivity contribution >= 4 is 21.6 Å². The van der Waals surface area contributed by atoms with Gasteiger partial charge in [-0.3, -0.25) is 9.10 Å². The molecular weight excluding hydrogens is 276 g/mol. The molecule has 0 saturated heterocycles. The van der Waals surface area contributed by atoms with Gasteiger partial charge in [0.2, 0.25) is 15.9 Å². The molecule has 0 spiro atoms. The highest BCUT2D eigenvalue weighted by atomic mass is 32.2. The highest BCUT2D eigenvalue weighted by molar-refractivity contribution is 7.92. The zero-order valence-electron chi connectivity index (χ0n) is 12.6. The number of carbonyl (C=O) groups excluding carboxylic acids is 1. The van der Waals surface area contributed by atoms with Crippen LogP contribution in [0, 0.1) is 13.8 Å². The zero-order chi connectivity index (χ0) is 15.5. The minimum Gasteiger partial charge on any atom is -0.355 e. The van der Waals surface area contributed by atoms with E-state index < -0.39 is 16.1 Å². The van der Waals surface area contributed by atoms with Crippen molar-refractivity contribution in [3.05, 3.63) is 29.3 Å². The van der Waals surface area contributed by atoms with Crippen LogP contribution in [0.4, 0.5) is 5.69 Å². The van der Waals surface area contributed by atoms with Crippen LogP contribution in [0.2, 0.25) is 0 Å². The minimum atomic E-state index is -3.55. The van der Waals surface area contributed by atoms with Gasteiger partial charge in [-0.15, -0.1) is 0 Å². The van der Waals surface area contributed by atoms with Gasteiger partial charge in [-0.25, -0.2) is 8.42 Å². The second-order valence-electron chi connectivity index (χ2n) is 4.92. The standard InChI is InChI=1S/C14H22N2O3S/c1-6-15-14(17)12(4)16(20(5,18)19)13-9-10(2)7-8-11(13)3/h7-9,12H,6H2,1-5H3,(H,15,17)/t12-/m0/s1. The van der Waals surface area contributed by atoms with Gasteiger partial charge in [-0.2, -0.15) is 0 Å². The molecule has 0 unspecified atom stereocenters. The number of nitrogens with zero attached hydrogens (tertiary/aromatic N) is 1. The molecule has 0 fully saturated rings. The van der Waals surface area contributed by atoms with E-state index in [9.17, 15) is 13.2 Å². The first-order chi connectivity index (χ1) is 9.18. The molecule has 0 aliphatic heterocycles. The monoisotopic (exact) mass is 298 g/mol. The van der Waals surface area contributed by atoms with Gasteiger partial charge in [0, 0.05) is 6.54 Å². The fourth-order valence-corrected chi connectivity index (χ4v) is 3.28. The van der Waals surface area contributed by atoms with Crippen molar-refractivity contribution in [2.45, 2.75) is 33.7 Å². The van der Waals surface area contributed by atoms with Crippen molar-refractivity contribution in [1.82, 2.24) is 5.32 Å². The lowest BCUT2D eigenvalue weighted by Gasteiger charge is -2.29. The molecule has 20 heavy (non-hydrogen) atoms. The first-order valence-electron chi connectivity index (χ1n) is 6.52. The smallest absolute Gasteiger partial charge is 0.243 e. The molecule has 0 saturated carbocycles. The Morgan fingerprint density at radius 2 is 1.95 bits per heavy atom. The first-order valence-corrected chi connectivity index (χ1v) is 8.37. The zero-order valence-corrected chi connectivity index (χ0v) is 13.4. The number of nitrogens with one attached hydrogen (secondary N) is 1. The molecule has 1 aromatic carbocycles. The van der Waals surface area contributed by atoms with Crippen LogP contribution in [0.5, 0.6) is 0 Å². The van der Waals surface area contributed by atoms with Gasteiger partial charge in [-0.05, 0) is 44.9 Å². The number of rotatable bonds is 5. The number of anilines is 1. The molecule has 112 valence electrons. The van der Waals surface area contributed by atoms with Crippen molar-refractivity contribution in [2.75, 3.05) is 17.1 Å². The molecule has 1 aromatic rings. The Kier molecular flexibility index (Phi) is 5.16. The van der Waals surface area contributed by atoms with Crippen LogP contribution >= 0.6 is 0 Å². The minimum absolute atomic E-state index is 0.307. The lowest BCUT2D eigenvalue weighted by molar-refractivity contribution is -0.121. The van der Waals surface area contributed by atoms with Crippen molar-refractivity contribution in [1.29, 1.82) is 0 Å². The number of likely N-dealkylation sites (N-methyl/N-ethyl adjacent to an activating group) is 1. The van der Waals surface area contributed by atoms with Crippen LogP contribution in [0.3, 0.4) is 0 Å². The van der Waals surface area contributed by atoms with Crippen LogP contribution in [0.15, 0.2) is 18.2 Å². The molecule has 0 heterocycles. The topological polar surface area (TPSA) is 66.5 Å². The van der Waals surface area contributed by atoms with E-state index in [0.29, 0.717) is 12.2 Å². The van der Waals surface area contributed by atoms with E-state index in [-0.39, 0.29) is 5.91 Å². The summed E-state index contributed by atoms with van der Waals surface area (Å²) in [5, 5.41) is 2.66. The predicted molar refractivity (Wildman–Crippen MR) is 81.4 cm³/mol. The number of carbonyl (C=O) groups is 1. The Morgan fingerprint density at radius 3 is 2.45 bits per heavy atom. The maximum Gasteiger partial charge on any atom is 0.243 e. The summed E-state index contributed by atoms with van der Waals surface area (Å²) in [6.07, 6.45) is 1.12. The normalized spacial score (nSPS) is 12.8. The van der Waals surface area contributed by atoms with Gasteiger partial charge in [0.15, 0.2) is 0 Å². The third-order valence-corrected chi connectivity index (χ3v) is 4.27. The molecule has 1 N–H and O–H groups in total. The van der Waals surface area contributed by atoms with Gasteiger partial charge in [-0.1, -0.05) is 12.1 Å². The number of hydrogen-bond donors (Lipinski definition) is 1. The Labute approximate surface area is 121 Å². The quantitative estimate of drug-likeness (QED) is 0.898. The molecule has 1 amide bonds. The fraction of sp³-hybridized carbons (Fsp3) is 0.500. The molecule has 1 rings (SSSR count). The van der Waals surface area contributed by atoms with Crippen molar-refractivity contribution in [3.8, 4) is 0 Å². The molecule has 0 aliphatic carbocycles. The highest BCUT2D eigenvalue weighted by Gasteiger charge is 2.29. The lowest BCUT2D eigenvalue weighted by atomic mass is 10.1. The molecule has 0 bridgehead atoms. The maximum atomic E-state index is 12.1. The second kappa shape index (κ2) is 6.26. The van der Waals surface area contributed by atoms with Gasteiger partial charge in [0.25, 0.3) is 0 Å². The van der Waals surface area contributed by atoms with E-state index in [4.69, 9.17) is 0 Å². The number of sulfonamides is 1. The summed E-state index contributed by atoms with van der Waals surface area (Å²) in [4.78, 5) is 12.0. The predicted octanol–water partition coefficient (Wildman–Crippen LogP) is 1.59. The summed E-state index contributed by atoms with van der Waals surface area (Å²) >= 11 is 0. The second-order valence-corrected chi connectivity index (χ2v) is 6.78. The van der Waals surface area contributed by atoms with Gasteiger partial charge < -0.3 is 5.32 Å². The van der Waals surface area contributed by atoms with Crippen LogP contribution < -0.4 is 9.62 Å². The molecular formula is C14H22N2O3S. The number of benzene rings is 1. The molecule has 0 aromatic heterocycles. The van der Waals surface area contributed by atoms with Crippen LogP contribution in [0.25, 0.3) is 0 Å². The summed E-state index contributed by atoms with van der Waals surface area (Å²) < 4.78 is 25.4. The molecule has 0 aliphatic rings. The number of aryl methyl sites for hydroxylation is 2. The van der Waals surface area contributed by atoms with E-state index in [1.54, 1.807) is 19.9 Å². The third kappa shape index (κ3) is 3.72. The SMILES string of the molecule is CCNC(=O)[C@H](C)N(c1cc(C)ccc1C)S(C)(=O)=O. The average molecular weight is 298 g/mol. The van der Waals surface area contributed by atoms with Crippen molar-refractivity contribution in [3.63, 3.8) is 0 Å². The van der Waals surface area contributed by atoms with Crippen LogP contribution in [-0.4, -0.2) is 33.2 Å². The Morgan fingerprint density at radius 1 is 1.35 bits per heavy atom. The lowest BCUT2D eigenvalue weighted by Crippen LogP contribution is -2.48. The van der Waals surface area contributed by atoms with E-state index in [1.165, 1.54) is 4.31 Å². The largest absolute Gasteiger partial charge is 0.355 e. The summed E-state index contributed by atoms with van der Waals surface area (Å²) in [6.45, 7) is 7.58. The van der Waals surface area contributed by atoms with E-state index in [2.05, 4.69) is 5.32 Å². The van der Waals surface area contributed by atoms with Crippen molar-refractivity contribution < 1.29 is 13.2 Å². The van der Waals surface area contributed by atoms with E-state index >= 15 is 0 Å².